The number of hydrogen-bond acceptors (Lipinski definition) is 8. The predicted molar refractivity (Wildman–Crippen MR) is 119 cm³/mol. The number of fused-ring (bicyclic) bond motifs is 1. The fraction of sp³-hybridized carbons (Fsp3) is 0.217. The lowest BCUT2D eigenvalue weighted by molar-refractivity contribution is 0.102. The maximum atomic E-state index is 13.0. The van der Waals surface area contributed by atoms with Gasteiger partial charge >= 0.3 is 0 Å². The quantitative estimate of drug-likeness (QED) is 0.319. The van der Waals surface area contributed by atoms with Crippen molar-refractivity contribution in [2.75, 3.05) is 19.0 Å². The van der Waals surface area contributed by atoms with Gasteiger partial charge in [-0.3, -0.25) is 9.78 Å². The zero-order valence-electron chi connectivity index (χ0n) is 17.6. The van der Waals surface area contributed by atoms with E-state index < -0.39 is 0 Å². The largest absolute Gasteiger partial charge is 0.486 e. The first-order valence-corrected chi connectivity index (χ1v) is 11.1. The highest BCUT2D eigenvalue weighted by Gasteiger charge is 2.20. The van der Waals surface area contributed by atoms with Crippen LogP contribution in [0.15, 0.2) is 58.4 Å². The van der Waals surface area contributed by atoms with Gasteiger partial charge in [0.1, 0.15) is 13.2 Å². The van der Waals surface area contributed by atoms with Crippen molar-refractivity contribution < 1.29 is 18.7 Å². The molecule has 0 unspecified atom stereocenters. The molecule has 8 nitrogen and oxygen atoms in total. The van der Waals surface area contributed by atoms with E-state index in [1.165, 1.54) is 11.8 Å². The molecule has 4 heterocycles. The van der Waals surface area contributed by atoms with E-state index in [1.807, 2.05) is 48.7 Å². The molecule has 0 spiro atoms. The number of benzene rings is 1. The maximum absolute atomic E-state index is 13.0. The molecule has 0 N–H and O–H groups in total. The van der Waals surface area contributed by atoms with Gasteiger partial charge in [-0.05, 0) is 44.2 Å². The van der Waals surface area contributed by atoms with E-state index in [-0.39, 0.29) is 11.5 Å². The topological polar surface area (TPSA) is 92.3 Å². The molecule has 0 saturated heterocycles. The van der Waals surface area contributed by atoms with E-state index in [0.717, 1.165) is 28.4 Å². The highest BCUT2D eigenvalue weighted by Crippen LogP contribution is 2.34. The third-order valence-electron chi connectivity index (χ3n) is 5.16. The van der Waals surface area contributed by atoms with E-state index in [0.29, 0.717) is 35.6 Å². The number of carbonyl (C=O) groups is 1. The molecular weight excluding hydrogens is 428 g/mol. The van der Waals surface area contributed by atoms with Gasteiger partial charge in [-0.1, -0.05) is 11.8 Å². The van der Waals surface area contributed by atoms with Crippen molar-refractivity contribution in [3.05, 3.63) is 65.7 Å². The SMILES string of the molecule is Cc1cc(C(=O)CSc2nnc(-c3cccnc3)o2)c(C)n1-c1ccc2c(c1)OCCO2. The molecule has 0 amide bonds. The molecule has 9 heteroatoms. The number of hydrogen-bond donors (Lipinski definition) is 0. The molecule has 1 aliphatic heterocycles. The number of pyridine rings is 1. The van der Waals surface area contributed by atoms with Crippen molar-refractivity contribution in [3.8, 4) is 28.6 Å². The van der Waals surface area contributed by atoms with Crippen LogP contribution in [0.5, 0.6) is 11.5 Å². The van der Waals surface area contributed by atoms with Crippen LogP contribution in [0.2, 0.25) is 0 Å². The van der Waals surface area contributed by atoms with Gasteiger partial charge in [0.15, 0.2) is 17.3 Å². The number of ketones is 1. The smallest absolute Gasteiger partial charge is 0.277 e. The van der Waals surface area contributed by atoms with Crippen molar-refractivity contribution in [2.24, 2.45) is 0 Å². The first-order valence-electron chi connectivity index (χ1n) is 10.1. The van der Waals surface area contributed by atoms with Gasteiger partial charge < -0.3 is 18.5 Å². The van der Waals surface area contributed by atoms with Crippen molar-refractivity contribution in [1.29, 1.82) is 0 Å². The number of Topliss-reactive ketones (excluding diaryl/α,β-unsaturated/α-hetero) is 1. The number of aryl methyl sites for hydroxylation is 1. The zero-order chi connectivity index (χ0) is 22.1. The maximum Gasteiger partial charge on any atom is 0.277 e. The van der Waals surface area contributed by atoms with Crippen LogP contribution in [0.4, 0.5) is 0 Å². The number of ether oxygens (including phenoxy) is 2. The third-order valence-corrected chi connectivity index (χ3v) is 5.98. The van der Waals surface area contributed by atoms with E-state index in [2.05, 4.69) is 15.2 Å². The molecule has 0 saturated carbocycles. The molecule has 0 aliphatic carbocycles. The monoisotopic (exact) mass is 448 g/mol. The van der Waals surface area contributed by atoms with Crippen molar-refractivity contribution >= 4 is 17.5 Å². The number of thioether (sulfide) groups is 1. The molecule has 162 valence electrons. The minimum absolute atomic E-state index is 0.00646. The molecule has 3 aromatic heterocycles. The summed E-state index contributed by atoms with van der Waals surface area (Å²) in [6, 6.07) is 11.4. The Balaban J connectivity index is 1.33. The average Bonchev–Trinajstić information content (AvgIpc) is 3.42. The van der Waals surface area contributed by atoms with Gasteiger partial charge in [-0.25, -0.2) is 0 Å². The van der Waals surface area contributed by atoms with E-state index in [9.17, 15) is 4.79 Å². The van der Waals surface area contributed by atoms with Crippen molar-refractivity contribution in [3.63, 3.8) is 0 Å². The number of aromatic nitrogens is 4. The summed E-state index contributed by atoms with van der Waals surface area (Å²) >= 11 is 1.22. The molecule has 0 fully saturated rings. The molecule has 0 atom stereocenters. The summed E-state index contributed by atoms with van der Waals surface area (Å²) in [6.45, 7) is 4.99. The summed E-state index contributed by atoms with van der Waals surface area (Å²) in [7, 11) is 0. The number of carbonyl (C=O) groups excluding carboxylic acids is 1. The summed E-state index contributed by atoms with van der Waals surface area (Å²) in [4.78, 5) is 17.0. The molecule has 5 rings (SSSR count). The molecule has 0 radical (unpaired) electrons. The molecule has 4 aromatic rings. The van der Waals surface area contributed by atoms with Crippen LogP contribution in [0.25, 0.3) is 17.1 Å². The predicted octanol–water partition coefficient (Wildman–Crippen LogP) is 4.29. The average molecular weight is 449 g/mol. The van der Waals surface area contributed by atoms with Gasteiger partial charge in [-0.15, -0.1) is 10.2 Å². The Morgan fingerprint density at radius 3 is 2.75 bits per heavy atom. The van der Waals surface area contributed by atoms with Gasteiger partial charge in [0.05, 0.1) is 11.3 Å². The lowest BCUT2D eigenvalue weighted by atomic mass is 10.2. The first-order chi connectivity index (χ1) is 15.6. The van der Waals surface area contributed by atoms with Crippen LogP contribution in [0.3, 0.4) is 0 Å². The second-order valence-electron chi connectivity index (χ2n) is 7.27. The highest BCUT2D eigenvalue weighted by atomic mass is 32.2. The van der Waals surface area contributed by atoms with Crippen molar-refractivity contribution in [2.45, 2.75) is 19.1 Å². The van der Waals surface area contributed by atoms with Crippen LogP contribution >= 0.6 is 11.8 Å². The van der Waals surface area contributed by atoms with Crippen molar-refractivity contribution in [1.82, 2.24) is 19.7 Å². The Morgan fingerprint density at radius 2 is 1.94 bits per heavy atom. The Morgan fingerprint density at radius 1 is 1.09 bits per heavy atom. The fourth-order valence-corrected chi connectivity index (χ4v) is 4.34. The van der Waals surface area contributed by atoms with E-state index >= 15 is 0 Å². The minimum atomic E-state index is -0.00646. The van der Waals surface area contributed by atoms with E-state index in [4.69, 9.17) is 13.9 Å². The Bertz CT molecular complexity index is 1280. The van der Waals surface area contributed by atoms with Gasteiger partial charge in [-0.2, -0.15) is 0 Å². The highest BCUT2D eigenvalue weighted by molar-refractivity contribution is 7.99. The molecule has 1 aliphatic rings. The van der Waals surface area contributed by atoms with Gasteiger partial charge in [0.2, 0.25) is 5.89 Å². The lowest BCUT2D eigenvalue weighted by Gasteiger charge is -2.20. The summed E-state index contributed by atoms with van der Waals surface area (Å²) in [5, 5.41) is 8.41. The summed E-state index contributed by atoms with van der Waals surface area (Å²) in [5.74, 6) is 2.02. The van der Waals surface area contributed by atoms with Crippen LogP contribution in [-0.4, -0.2) is 44.5 Å². The Kier molecular flexibility index (Phi) is 5.40. The second kappa shape index (κ2) is 8.51. The first kappa shape index (κ1) is 20.3. The molecular formula is C23H20N4O4S. The van der Waals surface area contributed by atoms with Crippen LogP contribution in [0, 0.1) is 13.8 Å². The van der Waals surface area contributed by atoms with Crippen LogP contribution in [0.1, 0.15) is 21.7 Å². The normalized spacial score (nSPS) is 12.7. The van der Waals surface area contributed by atoms with Crippen LogP contribution in [-0.2, 0) is 0 Å². The minimum Gasteiger partial charge on any atom is -0.486 e. The van der Waals surface area contributed by atoms with Gasteiger partial charge in [0.25, 0.3) is 5.22 Å². The second-order valence-corrected chi connectivity index (χ2v) is 8.20. The summed E-state index contributed by atoms with van der Waals surface area (Å²) < 4.78 is 19.0. The molecule has 32 heavy (non-hydrogen) atoms. The summed E-state index contributed by atoms with van der Waals surface area (Å²) in [5.41, 5.74) is 4.16. The van der Waals surface area contributed by atoms with Crippen LogP contribution < -0.4 is 9.47 Å². The number of nitrogens with zero attached hydrogens (tertiary/aromatic N) is 4. The zero-order valence-corrected chi connectivity index (χ0v) is 18.4. The standard InChI is InChI=1S/C23H20N4O4S/c1-14-10-18(15(2)27(14)17-5-6-20-21(11-17)30-9-8-29-20)19(28)13-32-23-26-25-22(31-23)16-4-3-7-24-12-16/h3-7,10-12H,8-9,13H2,1-2H3. The lowest BCUT2D eigenvalue weighted by Crippen LogP contribution is -2.15. The third kappa shape index (κ3) is 3.87. The number of rotatable bonds is 6. The van der Waals surface area contributed by atoms with E-state index in [1.54, 1.807) is 18.5 Å². The fourth-order valence-electron chi connectivity index (χ4n) is 3.69. The summed E-state index contributed by atoms with van der Waals surface area (Å²) in [6.07, 6.45) is 3.33. The molecule has 0 bridgehead atoms. The van der Waals surface area contributed by atoms with Gasteiger partial charge in [0, 0.05) is 41.1 Å². The Hall–Kier alpha value is -3.59. The Labute approximate surface area is 188 Å². The molecule has 1 aromatic carbocycles.